The quantitative estimate of drug-likeness (QED) is 0.366. The average molecular weight is 437 g/mol. The second-order valence-electron chi connectivity index (χ2n) is 7.47. The molecule has 162 valence electrons. The van der Waals surface area contributed by atoms with Crippen molar-refractivity contribution in [1.82, 2.24) is 14.8 Å². The molecule has 3 rings (SSSR count). The van der Waals surface area contributed by atoms with Gasteiger partial charge in [0.15, 0.2) is 17.1 Å². The minimum absolute atomic E-state index is 0.0874. The van der Waals surface area contributed by atoms with Gasteiger partial charge in [0.2, 0.25) is 5.91 Å². The van der Waals surface area contributed by atoms with Crippen LogP contribution in [0.2, 0.25) is 0 Å². The Bertz CT molecular complexity index is 1060. The van der Waals surface area contributed by atoms with Crippen LogP contribution in [-0.2, 0) is 11.3 Å². The molecule has 1 heterocycles. The normalized spacial score (nSPS) is 11.7. The predicted octanol–water partition coefficient (Wildman–Crippen LogP) is 5.26. The molecule has 0 spiro atoms. The van der Waals surface area contributed by atoms with Crippen LogP contribution in [0.1, 0.15) is 35.5 Å². The van der Waals surface area contributed by atoms with E-state index < -0.39 is 0 Å². The number of thioether (sulfide) groups is 1. The number of amides is 1. The van der Waals surface area contributed by atoms with Gasteiger partial charge in [-0.1, -0.05) is 53.2 Å². The van der Waals surface area contributed by atoms with Crippen LogP contribution in [0, 0.1) is 20.8 Å². The molecule has 0 aliphatic heterocycles. The molecule has 3 aromatic rings. The highest BCUT2D eigenvalue weighted by molar-refractivity contribution is 7.99. The van der Waals surface area contributed by atoms with E-state index in [0.29, 0.717) is 17.5 Å². The molecular formula is C24H28N4O2S. The maximum Gasteiger partial charge on any atom is 0.234 e. The Hall–Kier alpha value is -3.06. The lowest BCUT2D eigenvalue weighted by Crippen LogP contribution is -2.16. The Kier molecular flexibility index (Phi) is 7.52. The first-order chi connectivity index (χ1) is 14.9. The van der Waals surface area contributed by atoms with E-state index in [1.165, 1.54) is 17.3 Å². The number of allylic oxidation sites excluding steroid dienone is 1. The second kappa shape index (κ2) is 10.3. The second-order valence-corrected chi connectivity index (χ2v) is 8.41. The third-order valence-corrected chi connectivity index (χ3v) is 5.71. The van der Waals surface area contributed by atoms with Crippen LogP contribution in [0.4, 0.5) is 5.69 Å². The first-order valence-corrected chi connectivity index (χ1v) is 11.1. The van der Waals surface area contributed by atoms with Gasteiger partial charge in [0, 0.05) is 12.2 Å². The Balaban J connectivity index is 1.67. The van der Waals surface area contributed by atoms with Crippen molar-refractivity contribution in [3.8, 4) is 5.75 Å². The van der Waals surface area contributed by atoms with E-state index in [1.807, 2.05) is 74.7 Å². The number of nitrogens with one attached hydrogen (secondary N) is 1. The summed E-state index contributed by atoms with van der Waals surface area (Å²) in [5.74, 6) is 1.61. The minimum Gasteiger partial charge on any atom is -0.483 e. The van der Waals surface area contributed by atoms with Gasteiger partial charge in [0.1, 0.15) is 5.75 Å². The number of hydrogen-bond donors (Lipinski definition) is 1. The van der Waals surface area contributed by atoms with Crippen molar-refractivity contribution < 1.29 is 9.53 Å². The smallest absolute Gasteiger partial charge is 0.234 e. The summed E-state index contributed by atoms with van der Waals surface area (Å²) >= 11 is 1.34. The van der Waals surface area contributed by atoms with Gasteiger partial charge < -0.3 is 10.1 Å². The van der Waals surface area contributed by atoms with E-state index >= 15 is 0 Å². The fourth-order valence-corrected chi connectivity index (χ4v) is 3.91. The van der Waals surface area contributed by atoms with E-state index in [4.69, 9.17) is 4.74 Å². The van der Waals surface area contributed by atoms with Gasteiger partial charge >= 0.3 is 0 Å². The number of aryl methyl sites for hydroxylation is 3. The lowest BCUT2D eigenvalue weighted by atomic mass is 10.1. The highest BCUT2D eigenvalue weighted by Crippen LogP contribution is 2.25. The summed E-state index contributed by atoms with van der Waals surface area (Å²) in [5, 5.41) is 12.2. The molecule has 31 heavy (non-hydrogen) atoms. The van der Waals surface area contributed by atoms with Crippen molar-refractivity contribution in [2.24, 2.45) is 0 Å². The molecule has 0 fully saturated rings. The molecule has 2 aromatic carbocycles. The highest BCUT2D eigenvalue weighted by atomic mass is 32.2. The van der Waals surface area contributed by atoms with Crippen molar-refractivity contribution in [2.75, 3.05) is 11.1 Å². The molecule has 1 aromatic heterocycles. The zero-order valence-corrected chi connectivity index (χ0v) is 19.2. The van der Waals surface area contributed by atoms with Gasteiger partial charge in [-0.05, 0) is 51.5 Å². The first kappa shape index (κ1) is 22.6. The summed E-state index contributed by atoms with van der Waals surface area (Å²) in [4.78, 5) is 12.5. The molecule has 0 aliphatic rings. The lowest BCUT2D eigenvalue weighted by molar-refractivity contribution is -0.113. The number of aromatic nitrogens is 3. The molecule has 0 bridgehead atoms. The molecule has 0 saturated heterocycles. The van der Waals surface area contributed by atoms with Crippen molar-refractivity contribution in [2.45, 2.75) is 45.5 Å². The molecule has 1 amide bonds. The highest BCUT2D eigenvalue weighted by Gasteiger charge is 2.20. The minimum atomic E-state index is -0.298. The largest absolute Gasteiger partial charge is 0.483 e. The SMILES string of the molecule is C=CCn1c(SCC(=O)Nc2ccc(C)cc2C)nnc1C(C)Oc1ccc(C)cc1. The van der Waals surface area contributed by atoms with Crippen LogP contribution in [0.5, 0.6) is 5.75 Å². The third-order valence-electron chi connectivity index (χ3n) is 4.74. The van der Waals surface area contributed by atoms with E-state index in [0.717, 1.165) is 22.6 Å². The van der Waals surface area contributed by atoms with Crippen molar-refractivity contribution in [3.63, 3.8) is 0 Å². The van der Waals surface area contributed by atoms with E-state index in [1.54, 1.807) is 6.08 Å². The average Bonchev–Trinajstić information content (AvgIpc) is 3.13. The van der Waals surface area contributed by atoms with Gasteiger partial charge in [-0.2, -0.15) is 0 Å². The van der Waals surface area contributed by atoms with E-state index in [-0.39, 0.29) is 17.8 Å². The fourth-order valence-electron chi connectivity index (χ4n) is 3.15. The summed E-state index contributed by atoms with van der Waals surface area (Å²) in [6.07, 6.45) is 1.49. The first-order valence-electron chi connectivity index (χ1n) is 10.1. The number of nitrogens with zero attached hydrogens (tertiary/aromatic N) is 3. The van der Waals surface area contributed by atoms with Crippen LogP contribution in [0.3, 0.4) is 0 Å². The molecule has 7 heteroatoms. The number of carbonyl (C=O) groups excluding carboxylic acids is 1. The molecule has 0 radical (unpaired) electrons. The molecule has 1 atom stereocenters. The van der Waals surface area contributed by atoms with Crippen molar-refractivity contribution in [1.29, 1.82) is 0 Å². The topological polar surface area (TPSA) is 69.0 Å². The Morgan fingerprint density at radius 1 is 1.16 bits per heavy atom. The zero-order chi connectivity index (χ0) is 22.4. The maximum absolute atomic E-state index is 12.5. The summed E-state index contributed by atoms with van der Waals surface area (Å²) < 4.78 is 7.97. The molecule has 0 aliphatic carbocycles. The molecule has 1 N–H and O–H groups in total. The van der Waals surface area contributed by atoms with E-state index in [9.17, 15) is 4.79 Å². The number of anilines is 1. The van der Waals surface area contributed by atoms with Crippen LogP contribution < -0.4 is 10.1 Å². The number of carbonyl (C=O) groups is 1. The van der Waals surface area contributed by atoms with Crippen molar-refractivity contribution in [3.05, 3.63) is 77.6 Å². The standard InChI is InChI=1S/C24H28N4O2S/c1-6-13-28-23(19(5)30-20-10-7-16(2)8-11-20)26-27-24(28)31-15-22(29)25-21-12-9-17(3)14-18(21)4/h6-12,14,19H,1,13,15H2,2-5H3,(H,25,29). The third kappa shape index (κ3) is 5.98. The number of hydrogen-bond acceptors (Lipinski definition) is 5. The molecule has 6 nitrogen and oxygen atoms in total. The Labute approximate surface area is 187 Å². The summed E-state index contributed by atoms with van der Waals surface area (Å²) in [6, 6.07) is 13.8. The fraction of sp³-hybridized carbons (Fsp3) is 0.292. The van der Waals surface area contributed by atoms with Gasteiger partial charge in [0.25, 0.3) is 0 Å². The number of benzene rings is 2. The van der Waals surface area contributed by atoms with Crippen LogP contribution in [0.15, 0.2) is 60.3 Å². The van der Waals surface area contributed by atoms with E-state index in [2.05, 4.69) is 22.1 Å². The van der Waals surface area contributed by atoms with Gasteiger partial charge in [-0.25, -0.2) is 0 Å². The van der Waals surface area contributed by atoms with Gasteiger partial charge in [-0.15, -0.1) is 16.8 Å². The van der Waals surface area contributed by atoms with Crippen LogP contribution >= 0.6 is 11.8 Å². The monoisotopic (exact) mass is 436 g/mol. The Morgan fingerprint density at radius 2 is 1.87 bits per heavy atom. The van der Waals surface area contributed by atoms with Crippen LogP contribution in [-0.4, -0.2) is 26.4 Å². The summed E-state index contributed by atoms with van der Waals surface area (Å²) in [5.41, 5.74) is 4.20. The lowest BCUT2D eigenvalue weighted by Gasteiger charge is -2.16. The summed E-state index contributed by atoms with van der Waals surface area (Å²) in [7, 11) is 0. The number of ether oxygens (including phenoxy) is 1. The maximum atomic E-state index is 12.5. The van der Waals surface area contributed by atoms with Gasteiger partial charge in [-0.3, -0.25) is 9.36 Å². The molecule has 0 saturated carbocycles. The van der Waals surface area contributed by atoms with Crippen molar-refractivity contribution >= 4 is 23.4 Å². The predicted molar refractivity (Wildman–Crippen MR) is 126 cm³/mol. The van der Waals surface area contributed by atoms with Crippen LogP contribution in [0.25, 0.3) is 0 Å². The number of rotatable bonds is 9. The molecular weight excluding hydrogens is 408 g/mol. The zero-order valence-electron chi connectivity index (χ0n) is 18.4. The van der Waals surface area contributed by atoms with Gasteiger partial charge in [0.05, 0.1) is 5.75 Å². The Morgan fingerprint density at radius 3 is 2.55 bits per heavy atom. The molecule has 1 unspecified atom stereocenters. The summed E-state index contributed by atoms with van der Waals surface area (Å²) in [6.45, 7) is 12.4.